The van der Waals surface area contributed by atoms with Gasteiger partial charge < -0.3 is 10.4 Å². The van der Waals surface area contributed by atoms with Gasteiger partial charge in [0.25, 0.3) is 0 Å². The molecule has 2 N–H and O–H groups in total. The molecule has 2 rings (SSSR count). The van der Waals surface area contributed by atoms with E-state index in [2.05, 4.69) is 15.5 Å². The summed E-state index contributed by atoms with van der Waals surface area (Å²) in [7, 11) is 0. The topological polar surface area (TPSA) is 58.0 Å². The van der Waals surface area contributed by atoms with Crippen LogP contribution in [0.1, 0.15) is 24.3 Å². The Bertz CT molecular complexity index is 313. The van der Waals surface area contributed by atoms with Crippen molar-refractivity contribution in [3.63, 3.8) is 0 Å². The summed E-state index contributed by atoms with van der Waals surface area (Å²) < 4.78 is 13.5. The second-order valence-corrected chi connectivity index (χ2v) is 4.58. The van der Waals surface area contributed by atoms with Crippen molar-refractivity contribution in [1.29, 1.82) is 0 Å². The van der Waals surface area contributed by atoms with Crippen molar-refractivity contribution in [2.75, 3.05) is 11.9 Å². The summed E-state index contributed by atoms with van der Waals surface area (Å²) in [6.45, 7) is 0.188. The average molecular weight is 217 g/mol. The minimum absolute atomic E-state index is 0.111. The molecule has 1 fully saturated rings. The number of rotatable bonds is 4. The molecule has 1 aliphatic carbocycles. The Hall–Kier alpha value is -0.750. The van der Waals surface area contributed by atoms with Gasteiger partial charge in [-0.05, 0) is 19.3 Å². The second-order valence-electron chi connectivity index (χ2n) is 3.52. The number of anilines is 1. The van der Waals surface area contributed by atoms with Crippen LogP contribution in [0.2, 0.25) is 0 Å². The van der Waals surface area contributed by atoms with Gasteiger partial charge >= 0.3 is 0 Å². The SMILES string of the molecule is OCc1nnc(NCC2(F)CCC2)s1. The van der Waals surface area contributed by atoms with Crippen molar-refractivity contribution < 1.29 is 9.50 Å². The third-order valence-electron chi connectivity index (χ3n) is 2.41. The molecule has 0 unspecified atom stereocenters. The highest BCUT2D eigenvalue weighted by Gasteiger charge is 2.36. The standard InChI is InChI=1S/C8H12FN3OS/c9-8(2-1-3-8)5-10-7-12-11-6(4-13)14-7/h13H,1-5H2,(H,10,12). The van der Waals surface area contributed by atoms with Gasteiger partial charge in [0.05, 0.1) is 13.2 Å². The van der Waals surface area contributed by atoms with E-state index in [1.807, 2.05) is 0 Å². The van der Waals surface area contributed by atoms with Crippen LogP contribution in [-0.2, 0) is 6.61 Å². The fourth-order valence-electron chi connectivity index (χ4n) is 1.36. The summed E-state index contributed by atoms with van der Waals surface area (Å²) in [6.07, 6.45) is 2.23. The van der Waals surface area contributed by atoms with Crippen LogP contribution in [0.5, 0.6) is 0 Å². The molecule has 1 aliphatic rings. The van der Waals surface area contributed by atoms with Gasteiger partial charge in [-0.2, -0.15) is 0 Å². The van der Waals surface area contributed by atoms with Crippen molar-refractivity contribution in [3.05, 3.63) is 5.01 Å². The highest BCUT2D eigenvalue weighted by molar-refractivity contribution is 7.15. The van der Waals surface area contributed by atoms with E-state index in [4.69, 9.17) is 5.11 Å². The van der Waals surface area contributed by atoms with E-state index in [1.54, 1.807) is 0 Å². The molecule has 1 heterocycles. The first-order valence-electron chi connectivity index (χ1n) is 4.58. The minimum atomic E-state index is -1.05. The molecule has 78 valence electrons. The zero-order valence-electron chi connectivity index (χ0n) is 7.66. The Morgan fingerprint density at radius 2 is 2.29 bits per heavy atom. The third kappa shape index (κ3) is 2.01. The predicted molar refractivity (Wildman–Crippen MR) is 52.0 cm³/mol. The van der Waals surface area contributed by atoms with Gasteiger partial charge in [0, 0.05) is 0 Å². The highest BCUT2D eigenvalue weighted by atomic mass is 32.1. The van der Waals surface area contributed by atoms with Crippen LogP contribution in [0.3, 0.4) is 0 Å². The maximum Gasteiger partial charge on any atom is 0.205 e. The molecular formula is C8H12FN3OS. The average Bonchev–Trinajstić information content (AvgIpc) is 2.59. The van der Waals surface area contributed by atoms with E-state index in [-0.39, 0.29) is 6.61 Å². The molecule has 0 saturated heterocycles. The van der Waals surface area contributed by atoms with E-state index in [9.17, 15) is 4.39 Å². The Balaban J connectivity index is 1.85. The van der Waals surface area contributed by atoms with E-state index in [1.165, 1.54) is 11.3 Å². The molecule has 0 bridgehead atoms. The third-order valence-corrected chi connectivity index (χ3v) is 3.27. The number of aliphatic hydroxyl groups excluding tert-OH is 1. The second kappa shape index (κ2) is 3.78. The summed E-state index contributed by atoms with van der Waals surface area (Å²) in [6, 6.07) is 0. The summed E-state index contributed by atoms with van der Waals surface area (Å²) in [5.74, 6) is 0. The largest absolute Gasteiger partial charge is 0.389 e. The zero-order valence-corrected chi connectivity index (χ0v) is 8.48. The van der Waals surface area contributed by atoms with Gasteiger partial charge in [0.1, 0.15) is 10.7 Å². The summed E-state index contributed by atoms with van der Waals surface area (Å²) in [4.78, 5) is 0. The molecule has 0 amide bonds. The van der Waals surface area contributed by atoms with Crippen LogP contribution < -0.4 is 5.32 Å². The summed E-state index contributed by atoms with van der Waals surface area (Å²) in [5, 5.41) is 20.3. The Morgan fingerprint density at radius 1 is 1.50 bits per heavy atom. The van der Waals surface area contributed by atoms with Crippen LogP contribution in [0.4, 0.5) is 9.52 Å². The van der Waals surface area contributed by atoms with Crippen LogP contribution in [0.15, 0.2) is 0 Å². The molecule has 1 aromatic rings. The van der Waals surface area contributed by atoms with E-state index in [0.29, 0.717) is 29.5 Å². The molecule has 1 saturated carbocycles. The quantitative estimate of drug-likeness (QED) is 0.799. The molecule has 0 aromatic carbocycles. The normalized spacial score (nSPS) is 19.0. The van der Waals surface area contributed by atoms with Crippen molar-refractivity contribution in [2.24, 2.45) is 0 Å². The lowest BCUT2D eigenvalue weighted by Crippen LogP contribution is -2.39. The molecule has 0 aliphatic heterocycles. The summed E-state index contributed by atoms with van der Waals surface area (Å²) in [5.41, 5.74) is -1.05. The molecular weight excluding hydrogens is 205 g/mol. The van der Waals surface area contributed by atoms with Crippen molar-refractivity contribution >= 4 is 16.5 Å². The van der Waals surface area contributed by atoms with Gasteiger partial charge in [0.15, 0.2) is 0 Å². The number of alkyl halides is 1. The van der Waals surface area contributed by atoms with Crippen molar-refractivity contribution in [1.82, 2.24) is 10.2 Å². The lowest BCUT2D eigenvalue weighted by atomic mass is 9.82. The van der Waals surface area contributed by atoms with Crippen LogP contribution >= 0.6 is 11.3 Å². The number of hydrogen-bond donors (Lipinski definition) is 2. The molecule has 0 radical (unpaired) electrons. The fraction of sp³-hybridized carbons (Fsp3) is 0.750. The maximum atomic E-state index is 13.5. The number of nitrogens with zero attached hydrogens (tertiary/aromatic N) is 2. The number of nitrogens with one attached hydrogen (secondary N) is 1. The molecule has 4 nitrogen and oxygen atoms in total. The van der Waals surface area contributed by atoms with Crippen LogP contribution in [0, 0.1) is 0 Å². The Labute approximate surface area is 85.2 Å². The molecule has 1 aromatic heterocycles. The molecule has 0 atom stereocenters. The van der Waals surface area contributed by atoms with Crippen molar-refractivity contribution in [2.45, 2.75) is 31.5 Å². The fourth-order valence-corrected chi connectivity index (χ4v) is 1.96. The van der Waals surface area contributed by atoms with Crippen LogP contribution in [0.25, 0.3) is 0 Å². The predicted octanol–water partition coefficient (Wildman–Crippen LogP) is 1.33. The molecule has 6 heteroatoms. The molecule has 0 spiro atoms. The van der Waals surface area contributed by atoms with Gasteiger partial charge in [-0.15, -0.1) is 10.2 Å². The van der Waals surface area contributed by atoms with E-state index in [0.717, 1.165) is 6.42 Å². The Morgan fingerprint density at radius 3 is 2.79 bits per heavy atom. The number of aliphatic hydroxyl groups is 1. The number of aromatic nitrogens is 2. The smallest absolute Gasteiger partial charge is 0.205 e. The van der Waals surface area contributed by atoms with Crippen molar-refractivity contribution in [3.8, 4) is 0 Å². The molecule has 14 heavy (non-hydrogen) atoms. The first kappa shape index (κ1) is 9.79. The van der Waals surface area contributed by atoms with Gasteiger partial charge in [-0.25, -0.2) is 4.39 Å². The lowest BCUT2D eigenvalue weighted by Gasteiger charge is -2.33. The van der Waals surface area contributed by atoms with E-state index >= 15 is 0 Å². The van der Waals surface area contributed by atoms with Gasteiger partial charge in [-0.1, -0.05) is 11.3 Å². The number of hydrogen-bond acceptors (Lipinski definition) is 5. The Kier molecular flexibility index (Phi) is 2.64. The van der Waals surface area contributed by atoms with Gasteiger partial charge in [0.2, 0.25) is 5.13 Å². The minimum Gasteiger partial charge on any atom is -0.389 e. The monoisotopic (exact) mass is 217 g/mol. The van der Waals surface area contributed by atoms with Crippen LogP contribution in [-0.4, -0.2) is 27.5 Å². The highest BCUT2D eigenvalue weighted by Crippen LogP contribution is 2.35. The maximum absolute atomic E-state index is 13.5. The first-order valence-corrected chi connectivity index (χ1v) is 5.39. The lowest BCUT2D eigenvalue weighted by molar-refractivity contribution is 0.0784. The van der Waals surface area contributed by atoms with Gasteiger partial charge in [-0.3, -0.25) is 0 Å². The van der Waals surface area contributed by atoms with E-state index < -0.39 is 5.67 Å². The number of halogens is 1. The zero-order chi connectivity index (χ0) is 10.0. The summed E-state index contributed by atoms with van der Waals surface area (Å²) >= 11 is 1.26. The first-order chi connectivity index (χ1) is 6.72.